The number of rotatable bonds is 4. The number of carbonyl (C=O) groups is 1. The van der Waals surface area contributed by atoms with Gasteiger partial charge in [0.25, 0.3) is 0 Å². The second kappa shape index (κ2) is 5.46. The minimum Gasteiger partial charge on any atom is -0.355 e. The Bertz CT molecular complexity index is 223. The molecule has 0 aliphatic rings. The smallest absolute Gasteiger partial charge is 0.223 e. The molecule has 14 heavy (non-hydrogen) atoms. The summed E-state index contributed by atoms with van der Waals surface area (Å²) in [5.41, 5.74) is -0.0497. The normalized spacial score (nSPS) is 16.1. The minimum atomic E-state index is -1.33. The standard InChI is InChI=1S/C9H20N2O2S/c1-7(9(2,3)4)8(12)11-5-6-14(10)13/h7H,5-6,10H2,1-4H3,(H,11,12). The van der Waals surface area contributed by atoms with Crippen molar-refractivity contribution >= 4 is 16.9 Å². The van der Waals surface area contributed by atoms with Crippen LogP contribution >= 0.6 is 0 Å². The van der Waals surface area contributed by atoms with E-state index < -0.39 is 11.0 Å². The molecule has 1 amide bonds. The Morgan fingerprint density at radius 1 is 1.50 bits per heavy atom. The van der Waals surface area contributed by atoms with Crippen molar-refractivity contribution in [3.8, 4) is 0 Å². The summed E-state index contributed by atoms with van der Waals surface area (Å²) in [5.74, 6) is 0.236. The zero-order valence-corrected chi connectivity index (χ0v) is 10.1. The van der Waals surface area contributed by atoms with E-state index in [4.69, 9.17) is 5.14 Å². The van der Waals surface area contributed by atoms with E-state index in [-0.39, 0.29) is 17.2 Å². The molecule has 0 aliphatic heterocycles. The van der Waals surface area contributed by atoms with Gasteiger partial charge in [-0.25, -0.2) is 4.21 Å². The number of nitrogens with one attached hydrogen (secondary N) is 1. The lowest BCUT2D eigenvalue weighted by Crippen LogP contribution is -2.38. The summed E-state index contributed by atoms with van der Waals surface area (Å²) >= 11 is 0. The lowest BCUT2D eigenvalue weighted by Gasteiger charge is -2.25. The molecule has 0 aromatic carbocycles. The van der Waals surface area contributed by atoms with Gasteiger partial charge in [-0.15, -0.1) is 0 Å². The Hall–Kier alpha value is -0.420. The van der Waals surface area contributed by atoms with Crippen LogP contribution in [0.3, 0.4) is 0 Å². The highest BCUT2D eigenvalue weighted by atomic mass is 32.2. The van der Waals surface area contributed by atoms with Crippen LogP contribution in [0, 0.1) is 11.3 Å². The van der Waals surface area contributed by atoms with Gasteiger partial charge in [0.05, 0.1) is 16.7 Å². The van der Waals surface area contributed by atoms with Crippen molar-refractivity contribution in [1.29, 1.82) is 0 Å². The van der Waals surface area contributed by atoms with E-state index >= 15 is 0 Å². The number of hydrogen-bond acceptors (Lipinski definition) is 2. The highest BCUT2D eigenvalue weighted by Crippen LogP contribution is 2.24. The van der Waals surface area contributed by atoms with Gasteiger partial charge in [0.2, 0.25) is 5.91 Å². The third-order valence-electron chi connectivity index (χ3n) is 2.29. The topological polar surface area (TPSA) is 72.2 Å². The summed E-state index contributed by atoms with van der Waals surface area (Å²) in [4.78, 5) is 11.5. The fourth-order valence-corrected chi connectivity index (χ4v) is 1.12. The maximum atomic E-state index is 11.5. The van der Waals surface area contributed by atoms with Crippen molar-refractivity contribution in [3.05, 3.63) is 0 Å². The highest BCUT2D eigenvalue weighted by molar-refractivity contribution is 7.82. The van der Waals surface area contributed by atoms with Gasteiger partial charge in [-0.05, 0) is 5.41 Å². The van der Waals surface area contributed by atoms with Crippen LogP contribution in [0.1, 0.15) is 27.7 Å². The Morgan fingerprint density at radius 3 is 2.36 bits per heavy atom. The molecule has 4 nitrogen and oxygen atoms in total. The van der Waals surface area contributed by atoms with Gasteiger partial charge in [-0.1, -0.05) is 27.7 Å². The molecule has 84 valence electrons. The number of carbonyl (C=O) groups excluding carboxylic acids is 1. The van der Waals surface area contributed by atoms with E-state index in [9.17, 15) is 9.00 Å². The summed E-state index contributed by atoms with van der Waals surface area (Å²) in [6.45, 7) is 8.30. The molecule has 0 fully saturated rings. The molecule has 0 spiro atoms. The Kier molecular flexibility index (Phi) is 5.29. The van der Waals surface area contributed by atoms with Crippen LogP contribution in [0.2, 0.25) is 0 Å². The van der Waals surface area contributed by atoms with E-state index in [2.05, 4.69) is 5.32 Å². The molecular formula is C9H20N2O2S. The van der Waals surface area contributed by atoms with E-state index in [0.29, 0.717) is 12.3 Å². The second-order valence-electron chi connectivity index (χ2n) is 4.46. The number of amides is 1. The Labute approximate surface area is 88.2 Å². The third-order valence-corrected chi connectivity index (χ3v) is 2.90. The highest BCUT2D eigenvalue weighted by Gasteiger charge is 2.26. The van der Waals surface area contributed by atoms with Gasteiger partial charge in [0, 0.05) is 12.5 Å². The second-order valence-corrected chi connectivity index (χ2v) is 5.63. The van der Waals surface area contributed by atoms with Crippen LogP contribution in [0.5, 0.6) is 0 Å². The van der Waals surface area contributed by atoms with Crippen molar-refractivity contribution in [1.82, 2.24) is 5.32 Å². The van der Waals surface area contributed by atoms with E-state index in [1.807, 2.05) is 27.7 Å². The van der Waals surface area contributed by atoms with Crippen molar-refractivity contribution in [2.24, 2.45) is 16.5 Å². The van der Waals surface area contributed by atoms with Gasteiger partial charge >= 0.3 is 0 Å². The quantitative estimate of drug-likeness (QED) is 0.720. The monoisotopic (exact) mass is 220 g/mol. The molecule has 0 saturated heterocycles. The molecular weight excluding hydrogens is 200 g/mol. The first kappa shape index (κ1) is 13.6. The zero-order chi connectivity index (χ0) is 11.4. The average molecular weight is 220 g/mol. The zero-order valence-electron chi connectivity index (χ0n) is 9.29. The third kappa shape index (κ3) is 5.34. The largest absolute Gasteiger partial charge is 0.355 e. The first-order valence-corrected chi connectivity index (χ1v) is 6.04. The van der Waals surface area contributed by atoms with Crippen LogP contribution in [0.25, 0.3) is 0 Å². The lowest BCUT2D eigenvalue weighted by molar-refractivity contribution is -0.127. The van der Waals surface area contributed by atoms with Crippen LogP contribution in [-0.4, -0.2) is 22.4 Å². The van der Waals surface area contributed by atoms with Crippen molar-refractivity contribution in [2.75, 3.05) is 12.3 Å². The first-order valence-electron chi connectivity index (χ1n) is 4.65. The maximum Gasteiger partial charge on any atom is 0.223 e. The molecule has 0 aromatic heterocycles. The molecule has 3 N–H and O–H groups in total. The summed E-state index contributed by atoms with van der Waals surface area (Å²) in [5, 5.41) is 7.77. The van der Waals surface area contributed by atoms with Gasteiger partial charge in [0.15, 0.2) is 0 Å². The Morgan fingerprint density at radius 2 is 2.00 bits per heavy atom. The van der Waals surface area contributed by atoms with Gasteiger partial charge in [-0.2, -0.15) is 0 Å². The predicted molar refractivity (Wildman–Crippen MR) is 58.8 cm³/mol. The van der Waals surface area contributed by atoms with Crippen molar-refractivity contribution < 1.29 is 9.00 Å². The molecule has 2 unspecified atom stereocenters. The van der Waals surface area contributed by atoms with Gasteiger partial charge in [0.1, 0.15) is 0 Å². The molecule has 0 bridgehead atoms. The van der Waals surface area contributed by atoms with E-state index in [1.165, 1.54) is 0 Å². The van der Waals surface area contributed by atoms with Crippen LogP contribution < -0.4 is 10.5 Å². The van der Waals surface area contributed by atoms with Crippen LogP contribution in [-0.2, 0) is 15.8 Å². The van der Waals surface area contributed by atoms with E-state index in [0.717, 1.165) is 0 Å². The summed E-state index contributed by atoms with van der Waals surface area (Å²) in [6, 6.07) is 0. The van der Waals surface area contributed by atoms with E-state index in [1.54, 1.807) is 0 Å². The van der Waals surface area contributed by atoms with Crippen LogP contribution in [0.4, 0.5) is 0 Å². The molecule has 0 saturated carbocycles. The molecule has 0 aliphatic carbocycles. The molecule has 0 radical (unpaired) electrons. The molecule has 0 heterocycles. The first-order chi connectivity index (χ1) is 6.25. The molecule has 0 aromatic rings. The predicted octanol–water partition coefficient (Wildman–Crippen LogP) is 0.407. The number of nitrogens with two attached hydrogens (primary N) is 1. The van der Waals surface area contributed by atoms with Crippen molar-refractivity contribution in [3.63, 3.8) is 0 Å². The van der Waals surface area contributed by atoms with Crippen LogP contribution in [0.15, 0.2) is 0 Å². The molecule has 2 atom stereocenters. The van der Waals surface area contributed by atoms with Crippen molar-refractivity contribution in [2.45, 2.75) is 27.7 Å². The van der Waals surface area contributed by atoms with Gasteiger partial charge < -0.3 is 5.32 Å². The lowest BCUT2D eigenvalue weighted by atomic mass is 9.81. The number of hydrogen-bond donors (Lipinski definition) is 2. The maximum absolute atomic E-state index is 11.5. The fraction of sp³-hybridized carbons (Fsp3) is 0.889. The molecule has 5 heteroatoms. The fourth-order valence-electron chi connectivity index (χ4n) is 0.821. The summed E-state index contributed by atoms with van der Waals surface area (Å²) in [7, 11) is -1.33. The summed E-state index contributed by atoms with van der Waals surface area (Å²) in [6.07, 6.45) is 0. The van der Waals surface area contributed by atoms with Gasteiger partial charge in [-0.3, -0.25) is 9.93 Å². The summed E-state index contributed by atoms with van der Waals surface area (Å²) < 4.78 is 10.5. The average Bonchev–Trinajstić information content (AvgIpc) is 2.00. The SMILES string of the molecule is CC(C(=O)NCCS(N)=O)C(C)(C)C. The minimum absolute atomic E-state index is 0.0112. The molecule has 0 rings (SSSR count). The Balaban J connectivity index is 3.91.